The van der Waals surface area contributed by atoms with Gasteiger partial charge in [0.1, 0.15) is 19.0 Å². The van der Waals surface area contributed by atoms with E-state index in [2.05, 4.69) is 11.6 Å². The summed E-state index contributed by atoms with van der Waals surface area (Å²) < 4.78 is 11.0. The molecule has 0 atom stereocenters. The predicted octanol–water partition coefficient (Wildman–Crippen LogP) is 2.53. The molecule has 1 N–H and O–H groups in total. The Morgan fingerprint density at radius 1 is 1.18 bits per heavy atom. The van der Waals surface area contributed by atoms with Gasteiger partial charge in [0, 0.05) is 23.2 Å². The van der Waals surface area contributed by atoms with Gasteiger partial charge in [-0.25, -0.2) is 0 Å². The van der Waals surface area contributed by atoms with Gasteiger partial charge in [-0.05, 0) is 12.1 Å². The van der Waals surface area contributed by atoms with E-state index in [0.29, 0.717) is 30.3 Å². The van der Waals surface area contributed by atoms with Crippen LogP contribution in [0.15, 0.2) is 31.0 Å². The van der Waals surface area contributed by atoms with E-state index in [4.69, 9.17) is 9.47 Å². The molecule has 2 heterocycles. The molecule has 0 bridgehead atoms. The third-order valence-electron chi connectivity index (χ3n) is 2.68. The van der Waals surface area contributed by atoms with E-state index in [1.807, 2.05) is 18.2 Å². The van der Waals surface area contributed by atoms with Crippen LogP contribution in [0.2, 0.25) is 0 Å². The first-order valence-electron chi connectivity index (χ1n) is 5.32. The molecule has 0 aliphatic carbocycles. The normalized spacial score (nSPS) is 13.6. The van der Waals surface area contributed by atoms with Crippen LogP contribution >= 0.6 is 0 Å². The molecular formula is C13H11NO3. The number of aromatic nitrogens is 1. The van der Waals surface area contributed by atoms with Crippen LogP contribution in [0.3, 0.4) is 0 Å². The minimum atomic E-state index is 0.00860. The van der Waals surface area contributed by atoms with Crippen LogP contribution in [0.25, 0.3) is 16.7 Å². The number of fused-ring (bicyclic) bond motifs is 2. The van der Waals surface area contributed by atoms with E-state index < -0.39 is 0 Å². The van der Waals surface area contributed by atoms with Crippen LogP contribution in [0.1, 0.15) is 5.56 Å². The number of aliphatic hydroxyl groups is 1. The number of benzene rings is 1. The number of hydrogen-bond acceptors (Lipinski definition) is 4. The van der Waals surface area contributed by atoms with E-state index >= 15 is 0 Å². The molecule has 0 unspecified atom stereocenters. The summed E-state index contributed by atoms with van der Waals surface area (Å²) >= 11 is 0. The third kappa shape index (κ3) is 1.67. The highest BCUT2D eigenvalue weighted by atomic mass is 16.6. The maximum Gasteiger partial charge on any atom is 0.163 e. The second-order valence-corrected chi connectivity index (χ2v) is 3.86. The first kappa shape index (κ1) is 9.96. The van der Waals surface area contributed by atoms with Gasteiger partial charge in [0.2, 0.25) is 0 Å². The number of rotatable bonds is 1. The van der Waals surface area contributed by atoms with Gasteiger partial charge in [0.05, 0.1) is 5.52 Å². The van der Waals surface area contributed by atoms with Crippen LogP contribution in [-0.4, -0.2) is 23.3 Å². The molecule has 0 spiro atoms. The average Bonchev–Trinajstić information content (AvgIpc) is 2.35. The number of aliphatic hydroxyl groups excluding tert-OH is 1. The van der Waals surface area contributed by atoms with E-state index in [9.17, 15) is 5.11 Å². The summed E-state index contributed by atoms with van der Waals surface area (Å²) in [4.78, 5) is 4.25. The summed E-state index contributed by atoms with van der Waals surface area (Å²) in [5, 5.41) is 10.2. The van der Waals surface area contributed by atoms with Crippen molar-refractivity contribution < 1.29 is 14.6 Å². The Labute approximate surface area is 98.1 Å². The topological polar surface area (TPSA) is 51.6 Å². The van der Waals surface area contributed by atoms with E-state index in [0.717, 1.165) is 10.9 Å². The standard InChI is InChI=1S/C13H11NO3/c1-8(15)10-4-9-5-12-13(17-3-2-16-12)6-11(9)14-7-10/h4-7,15H,1-3H2. The Balaban J connectivity index is 2.20. The smallest absolute Gasteiger partial charge is 0.163 e. The van der Waals surface area contributed by atoms with Crippen molar-refractivity contribution in [2.45, 2.75) is 0 Å². The lowest BCUT2D eigenvalue weighted by atomic mass is 10.1. The molecule has 1 aliphatic rings. The van der Waals surface area contributed by atoms with Crippen molar-refractivity contribution in [2.24, 2.45) is 0 Å². The molecular weight excluding hydrogens is 218 g/mol. The number of pyridine rings is 1. The molecule has 0 saturated carbocycles. The predicted molar refractivity (Wildman–Crippen MR) is 64.4 cm³/mol. The maximum absolute atomic E-state index is 9.33. The molecule has 1 aliphatic heterocycles. The second kappa shape index (κ2) is 3.66. The van der Waals surface area contributed by atoms with Crippen molar-refractivity contribution in [3.8, 4) is 11.5 Å². The van der Waals surface area contributed by atoms with E-state index in [1.54, 1.807) is 6.20 Å². The summed E-state index contributed by atoms with van der Waals surface area (Å²) in [6, 6.07) is 5.53. The summed E-state index contributed by atoms with van der Waals surface area (Å²) in [7, 11) is 0. The Hall–Kier alpha value is -2.23. The SMILES string of the molecule is C=C(O)c1cnc2cc3c(cc2c1)OCCO3. The molecule has 17 heavy (non-hydrogen) atoms. The molecule has 1 aromatic heterocycles. The summed E-state index contributed by atoms with van der Waals surface area (Å²) in [6.45, 7) is 4.59. The van der Waals surface area contributed by atoms with Crippen LogP contribution < -0.4 is 9.47 Å². The Morgan fingerprint density at radius 2 is 1.88 bits per heavy atom. The van der Waals surface area contributed by atoms with Gasteiger partial charge >= 0.3 is 0 Å². The van der Waals surface area contributed by atoms with Crippen molar-refractivity contribution in [2.75, 3.05) is 13.2 Å². The second-order valence-electron chi connectivity index (χ2n) is 3.86. The largest absolute Gasteiger partial charge is 0.508 e. The van der Waals surface area contributed by atoms with Gasteiger partial charge in [-0.1, -0.05) is 6.58 Å². The Bertz CT molecular complexity index is 607. The zero-order chi connectivity index (χ0) is 11.8. The zero-order valence-corrected chi connectivity index (χ0v) is 9.14. The first-order valence-corrected chi connectivity index (χ1v) is 5.32. The molecule has 0 amide bonds. The molecule has 0 fully saturated rings. The molecule has 2 aromatic rings. The highest BCUT2D eigenvalue weighted by Gasteiger charge is 2.13. The lowest BCUT2D eigenvalue weighted by Crippen LogP contribution is -2.15. The van der Waals surface area contributed by atoms with E-state index in [1.165, 1.54) is 0 Å². The van der Waals surface area contributed by atoms with E-state index in [-0.39, 0.29) is 5.76 Å². The van der Waals surface area contributed by atoms with Crippen molar-refractivity contribution in [3.63, 3.8) is 0 Å². The lowest BCUT2D eigenvalue weighted by Gasteiger charge is -2.18. The quantitative estimate of drug-likeness (QED) is 0.763. The minimum absolute atomic E-state index is 0.00860. The minimum Gasteiger partial charge on any atom is -0.508 e. The van der Waals surface area contributed by atoms with Crippen molar-refractivity contribution in [3.05, 3.63) is 36.5 Å². The molecule has 0 radical (unpaired) electrons. The highest BCUT2D eigenvalue weighted by molar-refractivity contribution is 5.85. The van der Waals surface area contributed by atoms with Crippen LogP contribution in [0.5, 0.6) is 11.5 Å². The molecule has 4 heteroatoms. The van der Waals surface area contributed by atoms with Gasteiger partial charge in [-0.3, -0.25) is 4.98 Å². The molecule has 4 nitrogen and oxygen atoms in total. The van der Waals surface area contributed by atoms with Crippen LogP contribution in [0, 0.1) is 0 Å². The fraction of sp³-hybridized carbons (Fsp3) is 0.154. The van der Waals surface area contributed by atoms with Crippen molar-refractivity contribution in [1.82, 2.24) is 4.98 Å². The average molecular weight is 229 g/mol. The Kier molecular flexibility index (Phi) is 2.14. The van der Waals surface area contributed by atoms with Gasteiger partial charge in [-0.15, -0.1) is 0 Å². The highest BCUT2D eigenvalue weighted by Crippen LogP contribution is 2.34. The number of hydrogen-bond donors (Lipinski definition) is 1. The van der Waals surface area contributed by atoms with Gasteiger partial charge in [0.25, 0.3) is 0 Å². The first-order chi connectivity index (χ1) is 8.24. The summed E-state index contributed by atoms with van der Waals surface area (Å²) in [6.07, 6.45) is 1.58. The molecule has 3 rings (SSSR count). The van der Waals surface area contributed by atoms with Crippen molar-refractivity contribution in [1.29, 1.82) is 0 Å². The fourth-order valence-corrected chi connectivity index (χ4v) is 1.82. The Morgan fingerprint density at radius 3 is 2.59 bits per heavy atom. The van der Waals surface area contributed by atoms with Gasteiger partial charge in [0.15, 0.2) is 11.5 Å². The summed E-state index contributed by atoms with van der Waals surface area (Å²) in [5.41, 5.74) is 1.41. The number of ether oxygens (including phenoxy) is 2. The molecule has 86 valence electrons. The number of nitrogens with zero attached hydrogens (tertiary/aromatic N) is 1. The van der Waals surface area contributed by atoms with Crippen LogP contribution in [-0.2, 0) is 0 Å². The summed E-state index contributed by atoms with van der Waals surface area (Å²) in [5.74, 6) is 1.44. The monoisotopic (exact) mass is 229 g/mol. The fourth-order valence-electron chi connectivity index (χ4n) is 1.82. The lowest BCUT2D eigenvalue weighted by molar-refractivity contribution is 0.172. The van der Waals surface area contributed by atoms with Gasteiger partial charge in [-0.2, -0.15) is 0 Å². The maximum atomic E-state index is 9.33. The van der Waals surface area contributed by atoms with Crippen molar-refractivity contribution >= 4 is 16.7 Å². The van der Waals surface area contributed by atoms with Gasteiger partial charge < -0.3 is 14.6 Å². The zero-order valence-electron chi connectivity index (χ0n) is 9.14. The third-order valence-corrected chi connectivity index (χ3v) is 2.68. The van der Waals surface area contributed by atoms with Crippen LogP contribution in [0.4, 0.5) is 0 Å². The molecule has 1 aromatic carbocycles. The molecule has 0 saturated heterocycles.